The number of hydrogen-bond acceptors (Lipinski definition) is 4. The van der Waals surface area contributed by atoms with E-state index in [4.69, 9.17) is 29.5 Å². The van der Waals surface area contributed by atoms with E-state index in [0.717, 1.165) is 0 Å². The molecule has 5 N–H and O–H groups in total. The highest BCUT2D eigenvalue weighted by atomic mass is 31.2. The van der Waals surface area contributed by atoms with Crippen LogP contribution in [0, 0.1) is 0 Å². The molecule has 1 rings (SSSR count). The lowest BCUT2D eigenvalue weighted by molar-refractivity contribution is 0.0685. The van der Waals surface area contributed by atoms with E-state index >= 15 is 0 Å². The molecule has 1 aromatic rings. The van der Waals surface area contributed by atoms with Crippen molar-refractivity contribution < 1.29 is 39.0 Å². The number of phosphoric acid groups is 1. The lowest BCUT2D eigenvalue weighted by Crippen LogP contribution is -2.06. The molecule has 0 saturated heterocycles. The van der Waals surface area contributed by atoms with Crippen molar-refractivity contribution in [3.05, 3.63) is 29.6 Å². The number of hydrogen-bond donors (Lipinski definition) is 5. The van der Waals surface area contributed by atoms with E-state index in [1.165, 1.54) is 18.2 Å². The second-order valence-corrected chi connectivity index (χ2v) is 3.56. The Bertz CT molecular complexity index is 429. The van der Waals surface area contributed by atoms with Crippen LogP contribution in [-0.4, -0.2) is 41.8 Å². The van der Waals surface area contributed by atoms with Gasteiger partial charge >= 0.3 is 19.8 Å². The van der Waals surface area contributed by atoms with Crippen molar-refractivity contribution in [1.82, 2.24) is 4.98 Å². The predicted molar refractivity (Wildman–Crippen MR) is 52.4 cm³/mol. The van der Waals surface area contributed by atoms with Crippen LogP contribution >= 0.6 is 7.82 Å². The summed E-state index contributed by atoms with van der Waals surface area (Å²) in [7, 11) is -4.64. The zero-order valence-corrected chi connectivity index (χ0v) is 8.98. The molecular formula is C7H8NO8P. The third kappa shape index (κ3) is 8.05. The van der Waals surface area contributed by atoms with Crippen molar-refractivity contribution in [2.24, 2.45) is 0 Å². The number of carbonyl (C=O) groups is 2. The van der Waals surface area contributed by atoms with Crippen LogP contribution in [0.4, 0.5) is 0 Å². The molecule has 0 aliphatic heterocycles. The minimum absolute atomic E-state index is 0.269. The SMILES string of the molecule is O=C(O)c1cccc(C(=O)O)n1.O=P(O)(O)O. The van der Waals surface area contributed by atoms with E-state index in [-0.39, 0.29) is 11.4 Å². The van der Waals surface area contributed by atoms with E-state index < -0.39 is 19.8 Å². The molecule has 0 bridgehead atoms. The highest BCUT2D eigenvalue weighted by molar-refractivity contribution is 7.45. The number of nitrogens with zero attached hydrogens (tertiary/aromatic N) is 1. The fourth-order valence-electron chi connectivity index (χ4n) is 0.673. The van der Waals surface area contributed by atoms with Crippen LogP contribution in [-0.2, 0) is 4.57 Å². The number of aromatic nitrogens is 1. The van der Waals surface area contributed by atoms with Gasteiger partial charge in [0, 0.05) is 0 Å². The topological polar surface area (TPSA) is 165 Å². The van der Waals surface area contributed by atoms with Gasteiger partial charge in [0.1, 0.15) is 11.4 Å². The van der Waals surface area contributed by atoms with Crippen LogP contribution in [0.3, 0.4) is 0 Å². The van der Waals surface area contributed by atoms with Gasteiger partial charge in [-0.1, -0.05) is 6.07 Å². The molecule has 0 atom stereocenters. The smallest absolute Gasteiger partial charge is 0.466 e. The fraction of sp³-hybridized carbons (Fsp3) is 0. The number of rotatable bonds is 2. The molecular weight excluding hydrogens is 257 g/mol. The van der Waals surface area contributed by atoms with Crippen molar-refractivity contribution in [3.8, 4) is 0 Å². The van der Waals surface area contributed by atoms with Gasteiger partial charge in [0.05, 0.1) is 0 Å². The van der Waals surface area contributed by atoms with Gasteiger partial charge in [-0.25, -0.2) is 19.1 Å². The summed E-state index contributed by atoms with van der Waals surface area (Å²) in [5.41, 5.74) is -0.537. The molecule has 0 aromatic carbocycles. The van der Waals surface area contributed by atoms with Crippen molar-refractivity contribution in [1.29, 1.82) is 0 Å². The molecule has 0 radical (unpaired) electrons. The Balaban J connectivity index is 0.000000437. The van der Waals surface area contributed by atoms with Gasteiger partial charge in [0.15, 0.2) is 0 Å². The molecule has 0 unspecified atom stereocenters. The molecule has 0 fully saturated rings. The lowest BCUT2D eigenvalue weighted by atomic mass is 10.3. The Hall–Kier alpha value is -1.80. The van der Waals surface area contributed by atoms with Crippen LogP contribution in [0.25, 0.3) is 0 Å². The molecule has 94 valence electrons. The number of aromatic carboxylic acids is 2. The number of pyridine rings is 1. The molecule has 0 saturated carbocycles. The largest absolute Gasteiger partial charge is 0.477 e. The van der Waals surface area contributed by atoms with Crippen LogP contribution in [0.1, 0.15) is 21.0 Å². The Labute approximate surface area is 94.2 Å². The van der Waals surface area contributed by atoms with E-state index in [2.05, 4.69) is 4.98 Å². The molecule has 0 spiro atoms. The maximum atomic E-state index is 10.3. The van der Waals surface area contributed by atoms with Gasteiger partial charge in [0.25, 0.3) is 0 Å². The second kappa shape index (κ2) is 6.06. The van der Waals surface area contributed by atoms with Crippen LogP contribution in [0.5, 0.6) is 0 Å². The minimum atomic E-state index is -4.64. The van der Waals surface area contributed by atoms with Gasteiger partial charge in [-0.05, 0) is 12.1 Å². The maximum absolute atomic E-state index is 10.3. The Morgan fingerprint density at radius 3 is 1.53 bits per heavy atom. The van der Waals surface area contributed by atoms with Crippen molar-refractivity contribution >= 4 is 19.8 Å². The first-order valence-electron chi connectivity index (χ1n) is 3.83. The summed E-state index contributed by atoms with van der Waals surface area (Å²) in [5.74, 6) is -2.48. The normalized spacial score (nSPS) is 10.1. The van der Waals surface area contributed by atoms with E-state index in [1.807, 2.05) is 0 Å². The monoisotopic (exact) mass is 265 g/mol. The Morgan fingerprint density at radius 1 is 1.00 bits per heavy atom. The summed E-state index contributed by atoms with van der Waals surface area (Å²) >= 11 is 0. The molecule has 1 aromatic heterocycles. The zero-order valence-electron chi connectivity index (χ0n) is 8.09. The van der Waals surface area contributed by atoms with E-state index in [1.54, 1.807) is 0 Å². The highest BCUT2D eigenvalue weighted by Gasteiger charge is 2.08. The average Bonchev–Trinajstić information content (AvgIpc) is 2.15. The Morgan fingerprint density at radius 2 is 1.29 bits per heavy atom. The first-order chi connectivity index (χ1) is 7.61. The van der Waals surface area contributed by atoms with Crippen LogP contribution < -0.4 is 0 Å². The molecule has 9 nitrogen and oxygen atoms in total. The van der Waals surface area contributed by atoms with Crippen LogP contribution in [0.15, 0.2) is 18.2 Å². The van der Waals surface area contributed by atoms with Crippen molar-refractivity contribution in [3.63, 3.8) is 0 Å². The van der Waals surface area contributed by atoms with E-state index in [0.29, 0.717) is 0 Å². The fourth-order valence-corrected chi connectivity index (χ4v) is 0.673. The molecule has 1 heterocycles. The predicted octanol–water partition coefficient (Wildman–Crippen LogP) is -0.451. The summed E-state index contributed by atoms with van der Waals surface area (Å²) in [6.07, 6.45) is 0. The summed E-state index contributed by atoms with van der Waals surface area (Å²) in [5, 5.41) is 16.9. The quantitative estimate of drug-likeness (QED) is 0.445. The molecule has 0 amide bonds. The van der Waals surface area contributed by atoms with Gasteiger partial charge < -0.3 is 24.9 Å². The van der Waals surface area contributed by atoms with Crippen LogP contribution in [0.2, 0.25) is 0 Å². The molecule has 0 aliphatic carbocycles. The van der Waals surface area contributed by atoms with Gasteiger partial charge in [0.2, 0.25) is 0 Å². The first-order valence-corrected chi connectivity index (χ1v) is 5.39. The Kier molecular flexibility index (Phi) is 5.42. The van der Waals surface area contributed by atoms with Gasteiger partial charge in [-0.2, -0.15) is 0 Å². The standard InChI is InChI=1S/C7H5NO4.H3O4P/c9-6(10)4-2-1-3-5(8-4)7(11)12;1-5(2,3)4/h1-3H,(H,9,10)(H,11,12);(H3,1,2,3,4). The van der Waals surface area contributed by atoms with Crippen molar-refractivity contribution in [2.75, 3.05) is 0 Å². The first kappa shape index (κ1) is 15.2. The van der Waals surface area contributed by atoms with Crippen molar-refractivity contribution in [2.45, 2.75) is 0 Å². The maximum Gasteiger partial charge on any atom is 0.466 e. The highest BCUT2D eigenvalue weighted by Crippen LogP contribution is 2.25. The number of carboxylic acid groups (broad SMARTS) is 2. The summed E-state index contributed by atoms with van der Waals surface area (Å²) < 4.78 is 8.88. The van der Waals surface area contributed by atoms with Gasteiger partial charge in [-0.3, -0.25) is 0 Å². The molecule has 17 heavy (non-hydrogen) atoms. The minimum Gasteiger partial charge on any atom is -0.477 e. The summed E-state index contributed by atoms with van der Waals surface area (Å²) in [6, 6.07) is 3.80. The second-order valence-electron chi connectivity index (χ2n) is 2.53. The summed E-state index contributed by atoms with van der Waals surface area (Å²) in [4.78, 5) is 45.6. The third-order valence-electron chi connectivity index (χ3n) is 1.19. The zero-order chi connectivity index (χ0) is 13.6. The number of carboxylic acids is 2. The lowest BCUT2D eigenvalue weighted by Gasteiger charge is -1.94. The average molecular weight is 265 g/mol. The third-order valence-corrected chi connectivity index (χ3v) is 1.19. The molecule has 0 aliphatic rings. The summed E-state index contributed by atoms with van der Waals surface area (Å²) in [6.45, 7) is 0. The van der Waals surface area contributed by atoms with Gasteiger partial charge in [-0.15, -0.1) is 0 Å². The molecule has 10 heteroatoms. The van der Waals surface area contributed by atoms with E-state index in [9.17, 15) is 9.59 Å².